The summed E-state index contributed by atoms with van der Waals surface area (Å²) in [4.78, 5) is 11.6. The molecule has 4 aliphatic rings. The number of carboxylic acids is 1. The molecule has 4 saturated carbocycles. The normalized spacial score (nSPS) is 46.0. The van der Waals surface area contributed by atoms with Crippen LogP contribution in [0.15, 0.2) is 0 Å². The van der Waals surface area contributed by atoms with Crippen molar-refractivity contribution in [3.05, 3.63) is 0 Å². The van der Waals surface area contributed by atoms with Gasteiger partial charge in [0.1, 0.15) is 0 Å². The third-order valence-electron chi connectivity index (χ3n) is 11.2. The molecule has 0 aromatic heterocycles. The maximum atomic E-state index is 11.6. The second kappa shape index (κ2) is 8.33. The minimum atomic E-state index is -0.558. The van der Waals surface area contributed by atoms with E-state index in [1.54, 1.807) is 0 Å². The highest BCUT2D eigenvalue weighted by Crippen LogP contribution is 2.68. The third kappa shape index (κ3) is 4.22. The summed E-state index contributed by atoms with van der Waals surface area (Å²) < 4.78 is 0. The van der Waals surface area contributed by atoms with E-state index in [1.807, 2.05) is 13.8 Å². The van der Waals surface area contributed by atoms with Crippen molar-refractivity contribution in [1.82, 2.24) is 0 Å². The maximum absolute atomic E-state index is 11.6. The number of rotatable bonds is 6. The summed E-state index contributed by atoms with van der Waals surface area (Å²) in [6, 6.07) is 0. The van der Waals surface area contributed by atoms with E-state index < -0.39 is 11.6 Å². The maximum Gasteiger partial charge on any atom is 0.306 e. The molecule has 0 radical (unpaired) electrons. The summed E-state index contributed by atoms with van der Waals surface area (Å²) in [7, 11) is 0. The predicted octanol–water partition coefficient (Wildman–Crippen LogP) is 6.92. The third-order valence-corrected chi connectivity index (χ3v) is 11.2. The molecule has 0 aliphatic heterocycles. The molecule has 0 aromatic carbocycles. The Hall–Kier alpha value is -0.570. The Bertz CT molecular complexity index is 666. The SMILES string of the molecule is C[C@H](CCCC(C)(C)O)[C@H]1CC[C@H]2[C@@H]3CC[C@H]4CC(C(=O)O)CC[C@]4(C)[C@H]3CC[C@]12C. The molecule has 178 valence electrons. The van der Waals surface area contributed by atoms with Crippen molar-refractivity contribution in [2.24, 2.45) is 52.3 Å². The fourth-order valence-corrected chi connectivity index (χ4v) is 9.52. The van der Waals surface area contributed by atoms with E-state index in [9.17, 15) is 15.0 Å². The van der Waals surface area contributed by atoms with Gasteiger partial charge in [-0.05, 0) is 124 Å². The van der Waals surface area contributed by atoms with Gasteiger partial charge >= 0.3 is 5.97 Å². The highest BCUT2D eigenvalue weighted by Gasteiger charge is 2.60. The van der Waals surface area contributed by atoms with E-state index in [0.717, 1.165) is 61.7 Å². The van der Waals surface area contributed by atoms with Crippen molar-refractivity contribution in [3.63, 3.8) is 0 Å². The van der Waals surface area contributed by atoms with Gasteiger partial charge in [0.15, 0.2) is 0 Å². The lowest BCUT2D eigenvalue weighted by atomic mass is 9.44. The average Bonchev–Trinajstić information content (AvgIpc) is 3.03. The smallest absolute Gasteiger partial charge is 0.306 e. The summed E-state index contributed by atoms with van der Waals surface area (Å²) in [5.74, 6) is 4.15. The number of hydrogen-bond acceptors (Lipinski definition) is 2. The Morgan fingerprint density at radius 1 is 1.00 bits per heavy atom. The van der Waals surface area contributed by atoms with Gasteiger partial charge in [-0.15, -0.1) is 0 Å². The zero-order valence-corrected chi connectivity index (χ0v) is 20.8. The van der Waals surface area contributed by atoms with Crippen LogP contribution in [0.3, 0.4) is 0 Å². The van der Waals surface area contributed by atoms with Gasteiger partial charge in [0.2, 0.25) is 0 Å². The average molecular weight is 433 g/mol. The van der Waals surface area contributed by atoms with Crippen LogP contribution < -0.4 is 0 Å². The lowest BCUT2D eigenvalue weighted by molar-refractivity contribution is -0.152. The molecule has 0 amide bonds. The Balaban J connectivity index is 1.44. The van der Waals surface area contributed by atoms with Gasteiger partial charge in [0.05, 0.1) is 11.5 Å². The second-order valence-corrected chi connectivity index (χ2v) is 13.4. The Morgan fingerprint density at radius 3 is 2.35 bits per heavy atom. The number of hydrogen-bond donors (Lipinski definition) is 2. The van der Waals surface area contributed by atoms with Crippen molar-refractivity contribution in [1.29, 1.82) is 0 Å². The minimum absolute atomic E-state index is 0.0934. The molecule has 4 aliphatic carbocycles. The second-order valence-electron chi connectivity index (χ2n) is 13.4. The first kappa shape index (κ1) is 23.6. The molecule has 4 rings (SSSR count). The van der Waals surface area contributed by atoms with Crippen LogP contribution in [0, 0.1) is 52.3 Å². The monoisotopic (exact) mass is 432 g/mol. The number of carbonyl (C=O) groups is 1. The molecule has 3 heteroatoms. The summed E-state index contributed by atoms with van der Waals surface area (Å²) >= 11 is 0. The molecule has 3 nitrogen and oxygen atoms in total. The van der Waals surface area contributed by atoms with E-state index in [4.69, 9.17) is 0 Å². The Labute approximate surface area is 190 Å². The molecule has 0 aromatic rings. The topological polar surface area (TPSA) is 57.5 Å². The lowest BCUT2D eigenvalue weighted by Gasteiger charge is -2.61. The van der Waals surface area contributed by atoms with Gasteiger partial charge < -0.3 is 10.2 Å². The van der Waals surface area contributed by atoms with Crippen LogP contribution in [-0.4, -0.2) is 21.8 Å². The zero-order chi connectivity index (χ0) is 22.6. The van der Waals surface area contributed by atoms with Gasteiger partial charge in [-0.25, -0.2) is 0 Å². The highest BCUT2D eigenvalue weighted by atomic mass is 16.4. The van der Waals surface area contributed by atoms with Gasteiger partial charge in [-0.3, -0.25) is 4.79 Å². The van der Waals surface area contributed by atoms with E-state index >= 15 is 0 Å². The van der Waals surface area contributed by atoms with E-state index in [0.29, 0.717) is 16.7 Å². The van der Waals surface area contributed by atoms with Crippen LogP contribution in [0.4, 0.5) is 0 Å². The van der Waals surface area contributed by atoms with E-state index in [2.05, 4.69) is 20.8 Å². The van der Waals surface area contributed by atoms with Gasteiger partial charge in [-0.1, -0.05) is 33.6 Å². The minimum Gasteiger partial charge on any atom is -0.481 e. The highest BCUT2D eigenvalue weighted by molar-refractivity contribution is 5.70. The Morgan fingerprint density at radius 2 is 1.68 bits per heavy atom. The summed E-state index contributed by atoms with van der Waals surface area (Å²) in [5, 5.41) is 19.7. The molecule has 0 saturated heterocycles. The van der Waals surface area contributed by atoms with Crippen LogP contribution >= 0.6 is 0 Å². The summed E-state index contributed by atoms with van der Waals surface area (Å²) in [5.41, 5.74) is 0.344. The fraction of sp³-hybridized carbons (Fsp3) is 0.964. The number of aliphatic hydroxyl groups is 1. The molecule has 0 heterocycles. The predicted molar refractivity (Wildman–Crippen MR) is 126 cm³/mol. The van der Waals surface area contributed by atoms with Gasteiger partial charge in [0.25, 0.3) is 0 Å². The molecular weight excluding hydrogens is 384 g/mol. The zero-order valence-electron chi connectivity index (χ0n) is 20.8. The van der Waals surface area contributed by atoms with Crippen molar-refractivity contribution < 1.29 is 15.0 Å². The first-order chi connectivity index (χ1) is 14.5. The van der Waals surface area contributed by atoms with Crippen molar-refractivity contribution in [2.75, 3.05) is 0 Å². The van der Waals surface area contributed by atoms with Crippen LogP contribution in [0.2, 0.25) is 0 Å². The molecule has 2 N–H and O–H groups in total. The number of fused-ring (bicyclic) bond motifs is 5. The van der Waals surface area contributed by atoms with Gasteiger partial charge in [0, 0.05) is 0 Å². The first-order valence-corrected chi connectivity index (χ1v) is 13.4. The van der Waals surface area contributed by atoms with Crippen LogP contribution in [0.25, 0.3) is 0 Å². The first-order valence-electron chi connectivity index (χ1n) is 13.4. The Kier molecular flexibility index (Phi) is 6.34. The quantitative estimate of drug-likeness (QED) is 0.479. The van der Waals surface area contributed by atoms with Gasteiger partial charge in [-0.2, -0.15) is 0 Å². The summed E-state index contributed by atoms with van der Waals surface area (Å²) in [6.45, 7) is 11.5. The number of carboxylic acid groups (broad SMARTS) is 1. The lowest BCUT2D eigenvalue weighted by Crippen LogP contribution is -2.54. The number of aliphatic carboxylic acids is 1. The summed E-state index contributed by atoms with van der Waals surface area (Å²) in [6.07, 6.45) is 14.4. The largest absolute Gasteiger partial charge is 0.481 e. The molecule has 9 atom stereocenters. The molecule has 4 fully saturated rings. The fourth-order valence-electron chi connectivity index (χ4n) is 9.52. The van der Waals surface area contributed by atoms with Crippen LogP contribution in [0.1, 0.15) is 112 Å². The molecule has 1 unspecified atom stereocenters. The standard InChI is InChI=1S/C28H48O3/c1-18(7-6-14-26(2,3)31)22-10-11-23-21-9-8-20-17-19(25(29)30)12-15-27(20,4)24(21)13-16-28(22,23)5/h18-24,31H,6-17H2,1-5H3,(H,29,30)/t18-,19?,20+,21+,22-,23+,24+,27+,28-/m1/s1. The van der Waals surface area contributed by atoms with Crippen LogP contribution in [0.5, 0.6) is 0 Å². The van der Waals surface area contributed by atoms with Crippen molar-refractivity contribution >= 4 is 5.97 Å². The van der Waals surface area contributed by atoms with E-state index in [1.165, 1.54) is 44.9 Å². The molecule has 0 bridgehead atoms. The van der Waals surface area contributed by atoms with Crippen molar-refractivity contribution in [3.8, 4) is 0 Å². The molecule has 0 spiro atoms. The van der Waals surface area contributed by atoms with Crippen LogP contribution in [-0.2, 0) is 4.79 Å². The molecule has 31 heavy (non-hydrogen) atoms. The van der Waals surface area contributed by atoms with Crippen molar-refractivity contribution in [2.45, 2.75) is 117 Å². The van der Waals surface area contributed by atoms with E-state index in [-0.39, 0.29) is 5.92 Å². The molecular formula is C28H48O3.